The van der Waals surface area contributed by atoms with E-state index >= 15 is 0 Å². The van der Waals surface area contributed by atoms with E-state index in [1.165, 1.54) is 6.39 Å². The number of aryl methyl sites for hydroxylation is 1. The van der Waals surface area contributed by atoms with Crippen molar-refractivity contribution in [1.29, 1.82) is 0 Å². The van der Waals surface area contributed by atoms with Crippen LogP contribution in [0.1, 0.15) is 21.8 Å². The van der Waals surface area contributed by atoms with Gasteiger partial charge in [-0.1, -0.05) is 30.3 Å². The van der Waals surface area contributed by atoms with Gasteiger partial charge in [0.2, 0.25) is 0 Å². The molecule has 100 valence electrons. The van der Waals surface area contributed by atoms with Crippen LogP contribution >= 0.6 is 0 Å². The van der Waals surface area contributed by atoms with Crippen LogP contribution in [0.25, 0.3) is 0 Å². The normalized spacial score (nSPS) is 12.1. The van der Waals surface area contributed by atoms with Gasteiger partial charge in [-0.05, 0) is 18.9 Å². The van der Waals surface area contributed by atoms with Gasteiger partial charge in [-0.25, -0.2) is 4.98 Å². The summed E-state index contributed by atoms with van der Waals surface area (Å²) in [4.78, 5) is 15.8. The Morgan fingerprint density at radius 2 is 2.16 bits per heavy atom. The zero-order chi connectivity index (χ0) is 13.7. The topological polar surface area (TPSA) is 75.4 Å². The van der Waals surface area contributed by atoms with Crippen molar-refractivity contribution in [2.24, 2.45) is 0 Å². The standard InChI is InChI=1S/C14H16N2O3/c1-10-13(15-9-19-10)14(18)16-12(8-17)7-11-5-3-2-4-6-11/h2-6,9,12,17H,7-8H2,1H3,(H,16,18). The first-order chi connectivity index (χ1) is 9.20. The molecule has 0 saturated carbocycles. The van der Waals surface area contributed by atoms with Crippen molar-refractivity contribution in [3.8, 4) is 0 Å². The lowest BCUT2D eigenvalue weighted by molar-refractivity contribution is 0.0910. The van der Waals surface area contributed by atoms with Gasteiger partial charge in [-0.3, -0.25) is 4.79 Å². The number of carbonyl (C=O) groups is 1. The van der Waals surface area contributed by atoms with Crippen molar-refractivity contribution in [2.45, 2.75) is 19.4 Å². The number of aromatic nitrogens is 1. The fourth-order valence-corrected chi connectivity index (χ4v) is 1.84. The summed E-state index contributed by atoms with van der Waals surface area (Å²) in [5.41, 5.74) is 1.31. The quantitative estimate of drug-likeness (QED) is 0.850. The fraction of sp³-hybridized carbons (Fsp3) is 0.286. The summed E-state index contributed by atoms with van der Waals surface area (Å²) in [6, 6.07) is 9.34. The van der Waals surface area contributed by atoms with Gasteiger partial charge in [0.15, 0.2) is 12.1 Å². The van der Waals surface area contributed by atoms with E-state index in [1.54, 1.807) is 6.92 Å². The average Bonchev–Trinajstić information content (AvgIpc) is 2.85. The predicted molar refractivity (Wildman–Crippen MR) is 69.7 cm³/mol. The summed E-state index contributed by atoms with van der Waals surface area (Å²) in [6.45, 7) is 1.55. The third-order valence-corrected chi connectivity index (χ3v) is 2.84. The molecule has 2 N–H and O–H groups in total. The molecule has 1 aromatic heterocycles. The van der Waals surface area contributed by atoms with Crippen LogP contribution in [0.15, 0.2) is 41.1 Å². The van der Waals surface area contributed by atoms with Crippen LogP contribution in [-0.2, 0) is 6.42 Å². The Hall–Kier alpha value is -2.14. The monoisotopic (exact) mass is 260 g/mol. The molecule has 0 radical (unpaired) electrons. The number of rotatable bonds is 5. The first-order valence-electron chi connectivity index (χ1n) is 6.06. The Kier molecular flexibility index (Phi) is 4.30. The molecule has 1 amide bonds. The molecule has 2 rings (SSSR count). The molecule has 1 unspecified atom stereocenters. The lowest BCUT2D eigenvalue weighted by Crippen LogP contribution is -2.39. The molecule has 0 fully saturated rings. The zero-order valence-electron chi connectivity index (χ0n) is 10.7. The van der Waals surface area contributed by atoms with Gasteiger partial charge in [0.1, 0.15) is 5.76 Å². The minimum absolute atomic E-state index is 0.127. The molecule has 0 bridgehead atoms. The predicted octanol–water partition coefficient (Wildman–Crippen LogP) is 1.32. The lowest BCUT2D eigenvalue weighted by Gasteiger charge is -2.15. The Bertz CT molecular complexity index is 537. The van der Waals surface area contributed by atoms with Crippen molar-refractivity contribution < 1.29 is 14.3 Å². The Morgan fingerprint density at radius 1 is 1.42 bits per heavy atom. The largest absolute Gasteiger partial charge is 0.448 e. The molecule has 5 nitrogen and oxygen atoms in total. The van der Waals surface area contributed by atoms with E-state index in [0.717, 1.165) is 5.56 Å². The number of hydrogen-bond donors (Lipinski definition) is 2. The molecule has 2 aromatic rings. The van der Waals surface area contributed by atoms with E-state index in [4.69, 9.17) is 4.42 Å². The SMILES string of the molecule is Cc1ocnc1C(=O)NC(CO)Cc1ccccc1. The van der Waals surface area contributed by atoms with Gasteiger partial charge in [0, 0.05) is 0 Å². The Labute approximate surface area is 111 Å². The molecule has 5 heteroatoms. The van der Waals surface area contributed by atoms with Crippen molar-refractivity contribution in [1.82, 2.24) is 10.3 Å². The number of aliphatic hydroxyl groups excluding tert-OH is 1. The van der Waals surface area contributed by atoms with Crippen LogP contribution in [0.5, 0.6) is 0 Å². The molecule has 1 aromatic carbocycles. The van der Waals surface area contributed by atoms with Crippen molar-refractivity contribution in [3.05, 3.63) is 53.7 Å². The molecule has 19 heavy (non-hydrogen) atoms. The second-order valence-electron chi connectivity index (χ2n) is 4.30. The maximum Gasteiger partial charge on any atom is 0.273 e. The first-order valence-corrected chi connectivity index (χ1v) is 6.06. The van der Waals surface area contributed by atoms with Crippen LogP contribution in [0.3, 0.4) is 0 Å². The summed E-state index contributed by atoms with van der Waals surface area (Å²) < 4.78 is 4.98. The van der Waals surface area contributed by atoms with Crippen LogP contribution in [-0.4, -0.2) is 28.6 Å². The number of hydrogen-bond acceptors (Lipinski definition) is 4. The van der Waals surface area contributed by atoms with Gasteiger partial charge in [-0.15, -0.1) is 0 Å². The van der Waals surface area contributed by atoms with Gasteiger partial charge in [0.25, 0.3) is 5.91 Å². The summed E-state index contributed by atoms with van der Waals surface area (Å²) >= 11 is 0. The smallest absolute Gasteiger partial charge is 0.273 e. The lowest BCUT2D eigenvalue weighted by atomic mass is 10.1. The molecule has 0 aliphatic rings. The van der Waals surface area contributed by atoms with E-state index in [0.29, 0.717) is 12.2 Å². The second-order valence-corrected chi connectivity index (χ2v) is 4.30. The van der Waals surface area contributed by atoms with Crippen molar-refractivity contribution >= 4 is 5.91 Å². The molecular weight excluding hydrogens is 244 g/mol. The minimum atomic E-state index is -0.342. The van der Waals surface area contributed by atoms with Gasteiger partial charge < -0.3 is 14.8 Å². The Balaban J connectivity index is 2.00. The van der Waals surface area contributed by atoms with Crippen molar-refractivity contribution in [2.75, 3.05) is 6.61 Å². The van der Waals surface area contributed by atoms with E-state index in [9.17, 15) is 9.90 Å². The number of nitrogens with one attached hydrogen (secondary N) is 1. The van der Waals surface area contributed by atoms with Gasteiger partial charge in [-0.2, -0.15) is 0 Å². The minimum Gasteiger partial charge on any atom is -0.448 e. The van der Waals surface area contributed by atoms with E-state index < -0.39 is 0 Å². The van der Waals surface area contributed by atoms with Crippen LogP contribution in [0.4, 0.5) is 0 Å². The number of aliphatic hydroxyl groups is 1. The van der Waals surface area contributed by atoms with Gasteiger partial charge >= 0.3 is 0 Å². The van der Waals surface area contributed by atoms with Crippen molar-refractivity contribution in [3.63, 3.8) is 0 Å². The summed E-state index contributed by atoms with van der Waals surface area (Å²) in [5.74, 6) is 0.134. The maximum absolute atomic E-state index is 11.9. The number of oxazole rings is 1. The molecule has 0 aliphatic carbocycles. The fourth-order valence-electron chi connectivity index (χ4n) is 1.84. The van der Waals surface area contributed by atoms with Gasteiger partial charge in [0.05, 0.1) is 12.6 Å². The first kappa shape index (κ1) is 13.3. The third-order valence-electron chi connectivity index (χ3n) is 2.84. The number of amides is 1. The second kappa shape index (κ2) is 6.15. The number of carbonyl (C=O) groups excluding carboxylic acids is 1. The van der Waals surface area contributed by atoms with Crippen LogP contribution in [0, 0.1) is 6.92 Å². The van der Waals surface area contributed by atoms with E-state index in [2.05, 4.69) is 10.3 Å². The highest BCUT2D eigenvalue weighted by Crippen LogP contribution is 2.07. The third kappa shape index (κ3) is 3.42. The highest BCUT2D eigenvalue weighted by atomic mass is 16.3. The summed E-state index contributed by atoms with van der Waals surface area (Å²) in [7, 11) is 0. The van der Waals surface area contributed by atoms with Crippen LogP contribution in [0.2, 0.25) is 0 Å². The summed E-state index contributed by atoms with van der Waals surface area (Å²) in [5, 5.41) is 12.1. The van der Waals surface area contributed by atoms with E-state index in [1.807, 2.05) is 30.3 Å². The van der Waals surface area contributed by atoms with E-state index in [-0.39, 0.29) is 24.2 Å². The molecule has 0 spiro atoms. The van der Waals surface area contributed by atoms with Crippen LogP contribution < -0.4 is 5.32 Å². The number of nitrogens with zero attached hydrogens (tertiary/aromatic N) is 1. The molecule has 0 saturated heterocycles. The number of benzene rings is 1. The highest BCUT2D eigenvalue weighted by molar-refractivity contribution is 5.93. The zero-order valence-corrected chi connectivity index (χ0v) is 10.7. The Morgan fingerprint density at radius 3 is 2.74 bits per heavy atom. The highest BCUT2D eigenvalue weighted by Gasteiger charge is 2.17. The molecule has 1 heterocycles. The average molecular weight is 260 g/mol. The molecule has 0 aliphatic heterocycles. The molecule has 1 atom stereocenters. The molecular formula is C14H16N2O3. The maximum atomic E-state index is 11.9. The summed E-state index contributed by atoms with van der Waals surface area (Å²) in [6.07, 6.45) is 1.80.